The predicted molar refractivity (Wildman–Crippen MR) is 93.4 cm³/mol. The third-order valence-electron chi connectivity index (χ3n) is 2.50. The topological polar surface area (TPSA) is 43.4 Å². The van der Waals surface area contributed by atoms with Crippen molar-refractivity contribution in [3.05, 3.63) is 65.4 Å². The zero-order valence-corrected chi connectivity index (χ0v) is 16.5. The van der Waals surface area contributed by atoms with Crippen LogP contribution in [0.5, 0.6) is 0 Å². The van der Waals surface area contributed by atoms with Gasteiger partial charge in [0.15, 0.2) is 0 Å². The van der Waals surface area contributed by atoms with Gasteiger partial charge < -0.3 is 4.74 Å². The SMILES string of the molecule is O=C(OC(=O)c1ccc(Br)c(Br)c1)c1ccc(Br)c(Br)c1. The molecule has 0 aromatic heterocycles. The van der Waals surface area contributed by atoms with Crippen molar-refractivity contribution >= 4 is 75.7 Å². The van der Waals surface area contributed by atoms with E-state index in [1.54, 1.807) is 36.4 Å². The summed E-state index contributed by atoms with van der Waals surface area (Å²) in [6.45, 7) is 0. The molecule has 0 unspecified atom stereocenters. The van der Waals surface area contributed by atoms with Crippen LogP contribution in [0.1, 0.15) is 20.7 Å². The molecule has 3 nitrogen and oxygen atoms in total. The van der Waals surface area contributed by atoms with Crippen molar-refractivity contribution in [2.45, 2.75) is 0 Å². The molecule has 2 aromatic carbocycles. The van der Waals surface area contributed by atoms with E-state index in [1.807, 2.05) is 0 Å². The summed E-state index contributed by atoms with van der Waals surface area (Å²) in [5, 5.41) is 0. The van der Waals surface area contributed by atoms with E-state index in [0.717, 1.165) is 8.95 Å². The molecule has 0 aliphatic carbocycles. The molecule has 0 bridgehead atoms. The number of rotatable bonds is 2. The van der Waals surface area contributed by atoms with Gasteiger partial charge in [-0.05, 0) is 100 Å². The van der Waals surface area contributed by atoms with Gasteiger partial charge in [0.25, 0.3) is 0 Å². The highest BCUT2D eigenvalue weighted by atomic mass is 79.9. The van der Waals surface area contributed by atoms with Crippen molar-refractivity contribution in [1.29, 1.82) is 0 Å². The van der Waals surface area contributed by atoms with Gasteiger partial charge in [-0.3, -0.25) is 0 Å². The van der Waals surface area contributed by atoms with Gasteiger partial charge in [0.2, 0.25) is 0 Å². The van der Waals surface area contributed by atoms with E-state index >= 15 is 0 Å². The largest absolute Gasteiger partial charge is 0.386 e. The van der Waals surface area contributed by atoms with Crippen LogP contribution in [0.2, 0.25) is 0 Å². The number of carbonyl (C=O) groups excluding carboxylic acids is 2. The minimum atomic E-state index is -0.702. The van der Waals surface area contributed by atoms with E-state index in [-0.39, 0.29) is 11.1 Å². The highest BCUT2D eigenvalue weighted by molar-refractivity contribution is 9.13. The molecule has 0 amide bonds. The van der Waals surface area contributed by atoms with Crippen molar-refractivity contribution < 1.29 is 14.3 Å². The Morgan fingerprint density at radius 1 is 0.667 bits per heavy atom. The van der Waals surface area contributed by atoms with E-state index in [1.165, 1.54) is 0 Å². The highest BCUT2D eigenvalue weighted by Crippen LogP contribution is 2.25. The minimum Gasteiger partial charge on any atom is -0.386 e. The van der Waals surface area contributed by atoms with Crippen molar-refractivity contribution in [2.24, 2.45) is 0 Å². The van der Waals surface area contributed by atoms with Crippen LogP contribution >= 0.6 is 63.7 Å². The molecule has 2 rings (SSSR count). The molecule has 0 aliphatic heterocycles. The van der Waals surface area contributed by atoms with Crippen LogP contribution in [-0.4, -0.2) is 11.9 Å². The van der Waals surface area contributed by atoms with Gasteiger partial charge >= 0.3 is 11.9 Å². The lowest BCUT2D eigenvalue weighted by molar-refractivity contribution is 0.0397. The standard InChI is InChI=1S/C14H6Br4O3/c15-9-3-1-7(5-11(9)17)13(19)21-14(20)8-2-4-10(16)12(18)6-8/h1-6H. The fourth-order valence-corrected chi connectivity index (χ4v) is 2.70. The summed E-state index contributed by atoms with van der Waals surface area (Å²) in [6, 6.07) is 9.70. The van der Waals surface area contributed by atoms with Crippen LogP contribution in [-0.2, 0) is 4.74 Å². The van der Waals surface area contributed by atoms with Crippen LogP contribution in [0, 0.1) is 0 Å². The number of ether oxygens (including phenoxy) is 1. The molecule has 0 saturated heterocycles. The molecule has 2 aromatic rings. The number of hydrogen-bond acceptors (Lipinski definition) is 3. The average Bonchev–Trinajstić information content (AvgIpc) is 2.44. The number of benzene rings is 2. The van der Waals surface area contributed by atoms with Crippen LogP contribution in [0.3, 0.4) is 0 Å². The summed E-state index contributed by atoms with van der Waals surface area (Å²) >= 11 is 13.2. The fourth-order valence-electron chi connectivity index (χ4n) is 1.45. The molecule has 0 fully saturated rings. The number of halogens is 4. The predicted octanol–water partition coefficient (Wildman–Crippen LogP) is 5.73. The Balaban J connectivity index is 2.16. The van der Waals surface area contributed by atoms with Gasteiger partial charge in [0.05, 0.1) is 11.1 Å². The molecule has 7 heteroatoms. The van der Waals surface area contributed by atoms with E-state index in [4.69, 9.17) is 4.74 Å². The molecule has 108 valence electrons. The van der Waals surface area contributed by atoms with Crippen molar-refractivity contribution in [3.63, 3.8) is 0 Å². The van der Waals surface area contributed by atoms with Gasteiger partial charge in [-0.15, -0.1) is 0 Å². The Bertz CT molecular complexity index is 667. The van der Waals surface area contributed by atoms with E-state index in [0.29, 0.717) is 8.95 Å². The lowest BCUT2D eigenvalue weighted by atomic mass is 10.2. The molecule has 0 heterocycles. The average molecular weight is 542 g/mol. The third kappa shape index (κ3) is 4.25. The Morgan fingerprint density at radius 2 is 1.05 bits per heavy atom. The smallest absolute Gasteiger partial charge is 0.346 e. The van der Waals surface area contributed by atoms with Crippen LogP contribution in [0.25, 0.3) is 0 Å². The molecule has 0 spiro atoms. The molecule has 21 heavy (non-hydrogen) atoms. The van der Waals surface area contributed by atoms with Gasteiger partial charge in [0, 0.05) is 17.9 Å². The Kier molecular flexibility index (Phi) is 5.76. The second-order valence-corrected chi connectivity index (χ2v) is 7.35. The lowest BCUT2D eigenvalue weighted by Crippen LogP contribution is -2.13. The normalized spacial score (nSPS) is 10.3. The maximum atomic E-state index is 11.9. The summed E-state index contributed by atoms with van der Waals surface area (Å²) in [7, 11) is 0. The second kappa shape index (κ2) is 7.17. The second-order valence-electron chi connectivity index (χ2n) is 3.93. The number of carbonyl (C=O) groups is 2. The van der Waals surface area contributed by atoms with Crippen LogP contribution in [0.15, 0.2) is 54.3 Å². The highest BCUT2D eigenvalue weighted by Gasteiger charge is 2.16. The number of hydrogen-bond donors (Lipinski definition) is 0. The maximum Gasteiger partial charge on any atom is 0.346 e. The molecule has 0 radical (unpaired) electrons. The summed E-state index contributed by atoms with van der Waals surface area (Å²) in [5.74, 6) is -1.40. The maximum absolute atomic E-state index is 11.9. The molecule has 0 aliphatic rings. The van der Waals surface area contributed by atoms with E-state index in [2.05, 4.69) is 63.7 Å². The molecular formula is C14H6Br4O3. The first-order valence-corrected chi connectivity index (χ1v) is 8.72. The van der Waals surface area contributed by atoms with Crippen molar-refractivity contribution in [3.8, 4) is 0 Å². The van der Waals surface area contributed by atoms with Crippen LogP contribution < -0.4 is 0 Å². The van der Waals surface area contributed by atoms with Gasteiger partial charge in [0.1, 0.15) is 0 Å². The third-order valence-corrected chi connectivity index (χ3v) is 6.26. The number of esters is 2. The fraction of sp³-hybridized carbons (Fsp3) is 0. The quantitative estimate of drug-likeness (QED) is 0.360. The first kappa shape index (κ1) is 16.9. The van der Waals surface area contributed by atoms with Gasteiger partial charge in [-0.1, -0.05) is 0 Å². The Morgan fingerprint density at radius 3 is 1.38 bits per heavy atom. The molecular weight excluding hydrogens is 536 g/mol. The summed E-state index contributed by atoms with van der Waals surface area (Å²) in [4.78, 5) is 23.9. The zero-order valence-electron chi connectivity index (χ0n) is 10.2. The minimum absolute atomic E-state index is 0.287. The molecule has 0 N–H and O–H groups in total. The van der Waals surface area contributed by atoms with Crippen molar-refractivity contribution in [2.75, 3.05) is 0 Å². The summed E-state index contributed by atoms with van der Waals surface area (Å²) < 4.78 is 7.89. The molecule has 0 saturated carbocycles. The zero-order chi connectivity index (χ0) is 15.6. The van der Waals surface area contributed by atoms with Crippen molar-refractivity contribution in [1.82, 2.24) is 0 Å². The summed E-state index contributed by atoms with van der Waals surface area (Å²) in [6.07, 6.45) is 0. The molecule has 0 atom stereocenters. The monoisotopic (exact) mass is 538 g/mol. The Hall–Kier alpha value is -0.500. The Labute approximate surface area is 154 Å². The first-order valence-electron chi connectivity index (χ1n) is 5.55. The van der Waals surface area contributed by atoms with E-state index in [9.17, 15) is 9.59 Å². The van der Waals surface area contributed by atoms with Gasteiger partial charge in [-0.2, -0.15) is 0 Å². The van der Waals surface area contributed by atoms with Crippen LogP contribution in [0.4, 0.5) is 0 Å². The van der Waals surface area contributed by atoms with E-state index < -0.39 is 11.9 Å². The first-order chi connectivity index (χ1) is 9.88. The lowest BCUT2D eigenvalue weighted by Gasteiger charge is -2.05. The summed E-state index contributed by atoms with van der Waals surface area (Å²) in [5.41, 5.74) is 0.573. The van der Waals surface area contributed by atoms with Gasteiger partial charge in [-0.25, -0.2) is 9.59 Å².